The van der Waals surface area contributed by atoms with Crippen molar-refractivity contribution in [1.82, 2.24) is 10.2 Å². The van der Waals surface area contributed by atoms with Crippen LogP contribution in [-0.4, -0.2) is 10.2 Å². The molecule has 0 aliphatic heterocycles. The lowest BCUT2D eigenvalue weighted by Crippen LogP contribution is -1.85. The van der Waals surface area contributed by atoms with Crippen molar-refractivity contribution >= 4 is 27.4 Å². The average Bonchev–Trinajstić information content (AvgIpc) is 2.41. The second kappa shape index (κ2) is 1.98. The highest BCUT2D eigenvalue weighted by Crippen LogP contribution is 2.31. The van der Waals surface area contributed by atoms with Gasteiger partial charge in [0.25, 0.3) is 0 Å². The third-order valence-corrected chi connectivity index (χ3v) is 3.03. The van der Waals surface area contributed by atoms with Crippen molar-refractivity contribution < 1.29 is 0 Å². The summed E-state index contributed by atoms with van der Waals surface area (Å²) in [5.74, 6) is 0.613. The van der Waals surface area contributed by atoms with E-state index in [0.29, 0.717) is 5.82 Å². The molecule has 3 nitrogen and oxygen atoms in total. The highest BCUT2D eigenvalue weighted by Gasteiger charge is 2.09. The van der Waals surface area contributed by atoms with Gasteiger partial charge >= 0.3 is 0 Å². The minimum Gasteiger partial charge on any atom is -0.382 e. The van der Waals surface area contributed by atoms with Crippen molar-refractivity contribution in [1.29, 1.82) is 0 Å². The van der Waals surface area contributed by atoms with E-state index in [4.69, 9.17) is 5.73 Å². The summed E-state index contributed by atoms with van der Waals surface area (Å²) in [5, 5.41) is 7.90. The SMILES string of the molecule is Cc1sc2[nH]nc(N)c2c1C. The zero-order valence-corrected chi connectivity index (χ0v) is 7.25. The quantitative estimate of drug-likeness (QED) is 0.628. The van der Waals surface area contributed by atoms with Gasteiger partial charge in [0, 0.05) is 4.88 Å². The summed E-state index contributed by atoms with van der Waals surface area (Å²) in [4.78, 5) is 2.39. The summed E-state index contributed by atoms with van der Waals surface area (Å²) in [7, 11) is 0. The number of nitrogens with one attached hydrogen (secondary N) is 1. The summed E-state index contributed by atoms with van der Waals surface area (Å²) >= 11 is 1.70. The molecule has 0 unspecified atom stereocenters. The Labute approximate surface area is 68.2 Å². The lowest BCUT2D eigenvalue weighted by atomic mass is 10.2. The van der Waals surface area contributed by atoms with Gasteiger partial charge in [-0.1, -0.05) is 0 Å². The molecule has 4 heteroatoms. The van der Waals surface area contributed by atoms with Crippen LogP contribution in [-0.2, 0) is 0 Å². The number of rotatable bonds is 0. The van der Waals surface area contributed by atoms with Crippen molar-refractivity contribution in [3.05, 3.63) is 10.4 Å². The van der Waals surface area contributed by atoms with E-state index in [1.165, 1.54) is 10.4 Å². The van der Waals surface area contributed by atoms with E-state index >= 15 is 0 Å². The average molecular weight is 167 g/mol. The van der Waals surface area contributed by atoms with E-state index in [1.807, 2.05) is 0 Å². The number of hydrogen-bond donors (Lipinski definition) is 2. The lowest BCUT2D eigenvalue weighted by molar-refractivity contribution is 1.13. The summed E-state index contributed by atoms with van der Waals surface area (Å²) in [6.07, 6.45) is 0. The molecule has 0 bridgehead atoms. The minimum atomic E-state index is 0.613. The number of nitrogens with zero attached hydrogens (tertiary/aromatic N) is 1. The first-order valence-electron chi connectivity index (χ1n) is 3.39. The topological polar surface area (TPSA) is 54.7 Å². The zero-order chi connectivity index (χ0) is 8.01. The number of aromatic nitrogens is 2. The van der Waals surface area contributed by atoms with Crippen molar-refractivity contribution in [3.63, 3.8) is 0 Å². The number of nitrogens with two attached hydrogens (primary N) is 1. The normalized spacial score (nSPS) is 11.1. The van der Waals surface area contributed by atoms with Crippen LogP contribution in [0.2, 0.25) is 0 Å². The Morgan fingerprint density at radius 3 is 2.82 bits per heavy atom. The molecule has 0 amide bonds. The van der Waals surface area contributed by atoms with Crippen molar-refractivity contribution in [2.24, 2.45) is 0 Å². The zero-order valence-electron chi connectivity index (χ0n) is 6.43. The number of aryl methyl sites for hydroxylation is 2. The molecule has 0 aliphatic rings. The van der Waals surface area contributed by atoms with E-state index < -0.39 is 0 Å². The second-order valence-electron chi connectivity index (χ2n) is 2.60. The summed E-state index contributed by atoms with van der Waals surface area (Å²) in [6, 6.07) is 0. The van der Waals surface area contributed by atoms with Gasteiger partial charge in [0.1, 0.15) is 4.83 Å². The third kappa shape index (κ3) is 0.758. The number of thiophene rings is 1. The Morgan fingerprint density at radius 1 is 1.45 bits per heavy atom. The van der Waals surface area contributed by atoms with Crippen LogP contribution in [0.1, 0.15) is 10.4 Å². The van der Waals surface area contributed by atoms with E-state index in [1.54, 1.807) is 11.3 Å². The Bertz CT molecular complexity index is 399. The maximum Gasteiger partial charge on any atom is 0.154 e. The number of hydrogen-bond acceptors (Lipinski definition) is 3. The van der Waals surface area contributed by atoms with Gasteiger partial charge in [-0.05, 0) is 19.4 Å². The van der Waals surface area contributed by atoms with Crippen LogP contribution >= 0.6 is 11.3 Å². The molecular formula is C7H9N3S. The first-order valence-corrected chi connectivity index (χ1v) is 4.21. The number of aromatic amines is 1. The number of nitrogen functional groups attached to an aromatic ring is 1. The van der Waals surface area contributed by atoms with E-state index in [-0.39, 0.29) is 0 Å². The summed E-state index contributed by atoms with van der Waals surface area (Å²) < 4.78 is 0. The lowest BCUT2D eigenvalue weighted by Gasteiger charge is -1.87. The monoisotopic (exact) mass is 167 g/mol. The van der Waals surface area contributed by atoms with Crippen molar-refractivity contribution in [2.75, 3.05) is 5.73 Å². The Hall–Kier alpha value is -1.03. The molecule has 2 aromatic heterocycles. The maximum atomic E-state index is 5.65. The summed E-state index contributed by atoms with van der Waals surface area (Å²) in [6.45, 7) is 4.16. The van der Waals surface area contributed by atoms with Gasteiger partial charge in [0.2, 0.25) is 0 Å². The van der Waals surface area contributed by atoms with Crippen LogP contribution in [0, 0.1) is 13.8 Å². The molecule has 2 rings (SSSR count). The van der Waals surface area contributed by atoms with Gasteiger partial charge in [0.05, 0.1) is 5.39 Å². The van der Waals surface area contributed by atoms with Crippen LogP contribution in [0.25, 0.3) is 10.2 Å². The van der Waals surface area contributed by atoms with Crippen molar-refractivity contribution in [3.8, 4) is 0 Å². The number of H-pyrrole nitrogens is 1. The fourth-order valence-electron chi connectivity index (χ4n) is 1.18. The molecular weight excluding hydrogens is 158 g/mol. The molecule has 0 atom stereocenters. The third-order valence-electron chi connectivity index (χ3n) is 1.92. The molecule has 0 saturated heterocycles. The largest absolute Gasteiger partial charge is 0.382 e. The Kier molecular flexibility index (Phi) is 1.20. The molecule has 2 heterocycles. The second-order valence-corrected chi connectivity index (χ2v) is 3.82. The highest BCUT2D eigenvalue weighted by atomic mass is 32.1. The smallest absolute Gasteiger partial charge is 0.154 e. The predicted octanol–water partition coefficient (Wildman–Crippen LogP) is 1.82. The van der Waals surface area contributed by atoms with Crippen LogP contribution in [0.3, 0.4) is 0 Å². The maximum absolute atomic E-state index is 5.65. The molecule has 0 aliphatic carbocycles. The molecule has 0 saturated carbocycles. The Balaban J connectivity index is 2.95. The van der Waals surface area contributed by atoms with Crippen LogP contribution in [0.4, 0.5) is 5.82 Å². The fraction of sp³-hybridized carbons (Fsp3) is 0.286. The van der Waals surface area contributed by atoms with Gasteiger partial charge in [-0.2, -0.15) is 5.10 Å². The number of fused-ring (bicyclic) bond motifs is 1. The van der Waals surface area contributed by atoms with Gasteiger partial charge in [0.15, 0.2) is 5.82 Å². The first-order chi connectivity index (χ1) is 5.20. The summed E-state index contributed by atoms with van der Waals surface area (Å²) in [5.41, 5.74) is 6.90. The van der Waals surface area contributed by atoms with Crippen LogP contribution < -0.4 is 5.73 Å². The molecule has 58 valence electrons. The van der Waals surface area contributed by atoms with E-state index in [0.717, 1.165) is 10.2 Å². The minimum absolute atomic E-state index is 0.613. The molecule has 11 heavy (non-hydrogen) atoms. The fourth-order valence-corrected chi connectivity index (χ4v) is 2.19. The molecule has 0 aromatic carbocycles. The van der Waals surface area contributed by atoms with E-state index in [9.17, 15) is 0 Å². The number of anilines is 1. The van der Waals surface area contributed by atoms with E-state index in [2.05, 4.69) is 24.0 Å². The van der Waals surface area contributed by atoms with Gasteiger partial charge in [-0.3, -0.25) is 5.10 Å². The standard InChI is InChI=1S/C7H9N3S/c1-3-4(2)11-7-5(3)6(8)9-10-7/h1-2H3,(H3,8,9,10). The van der Waals surface area contributed by atoms with Gasteiger partial charge in [-0.25, -0.2) is 0 Å². The molecule has 0 radical (unpaired) electrons. The van der Waals surface area contributed by atoms with Crippen LogP contribution in [0.15, 0.2) is 0 Å². The Morgan fingerprint density at radius 2 is 2.18 bits per heavy atom. The van der Waals surface area contributed by atoms with Crippen LogP contribution in [0.5, 0.6) is 0 Å². The predicted molar refractivity (Wildman–Crippen MR) is 47.9 cm³/mol. The van der Waals surface area contributed by atoms with Crippen molar-refractivity contribution in [2.45, 2.75) is 13.8 Å². The molecule has 0 spiro atoms. The molecule has 0 fully saturated rings. The van der Waals surface area contributed by atoms with Gasteiger partial charge in [-0.15, -0.1) is 11.3 Å². The molecule has 3 N–H and O–H groups in total. The molecule has 2 aromatic rings. The first kappa shape index (κ1) is 6.67. The highest BCUT2D eigenvalue weighted by molar-refractivity contribution is 7.18. The van der Waals surface area contributed by atoms with Gasteiger partial charge < -0.3 is 5.73 Å².